The van der Waals surface area contributed by atoms with E-state index in [2.05, 4.69) is 10.2 Å². The predicted molar refractivity (Wildman–Crippen MR) is 80.5 cm³/mol. The SMILES string of the molecule is CC(/C=C/c1ccc([N+](=O)[O-])o1)=N\N=C\c1ccc([N+](=O)[O-])o1. The number of nitrogens with zero attached hydrogens (tertiary/aromatic N) is 4. The van der Waals surface area contributed by atoms with Crippen LogP contribution in [0, 0.1) is 20.2 Å². The summed E-state index contributed by atoms with van der Waals surface area (Å²) in [4.78, 5) is 19.6. The van der Waals surface area contributed by atoms with Crippen molar-refractivity contribution in [3.8, 4) is 0 Å². The Balaban J connectivity index is 1.98. The van der Waals surface area contributed by atoms with Gasteiger partial charge in [0.2, 0.25) is 0 Å². The first-order valence-corrected chi connectivity index (χ1v) is 6.20. The zero-order valence-corrected chi connectivity index (χ0v) is 11.8. The lowest BCUT2D eigenvalue weighted by Crippen LogP contribution is -1.84. The van der Waals surface area contributed by atoms with E-state index in [1.807, 2.05) is 0 Å². The van der Waals surface area contributed by atoms with E-state index in [0.29, 0.717) is 11.5 Å². The van der Waals surface area contributed by atoms with E-state index in [4.69, 9.17) is 8.83 Å². The number of hydrogen-bond acceptors (Lipinski definition) is 8. The highest BCUT2D eigenvalue weighted by Gasteiger charge is 2.10. The summed E-state index contributed by atoms with van der Waals surface area (Å²) < 4.78 is 9.80. The van der Waals surface area contributed by atoms with Crippen LogP contribution in [-0.2, 0) is 0 Å². The van der Waals surface area contributed by atoms with Crippen molar-refractivity contribution < 1.29 is 18.7 Å². The zero-order valence-electron chi connectivity index (χ0n) is 11.8. The molecule has 2 heterocycles. The topological polar surface area (TPSA) is 137 Å². The second kappa shape index (κ2) is 6.93. The normalized spacial score (nSPS) is 12.3. The summed E-state index contributed by atoms with van der Waals surface area (Å²) in [5.74, 6) is -0.237. The Bertz CT molecular complexity index is 814. The van der Waals surface area contributed by atoms with Gasteiger partial charge in [-0.2, -0.15) is 10.2 Å². The third-order valence-electron chi connectivity index (χ3n) is 2.47. The largest absolute Gasteiger partial charge is 0.433 e. The highest BCUT2D eigenvalue weighted by atomic mass is 16.7. The first kappa shape index (κ1) is 15.8. The van der Waals surface area contributed by atoms with Gasteiger partial charge in [0.25, 0.3) is 0 Å². The molecule has 0 unspecified atom stereocenters. The van der Waals surface area contributed by atoms with Gasteiger partial charge in [0.15, 0.2) is 5.76 Å². The Labute approximate surface area is 128 Å². The Kier molecular flexibility index (Phi) is 4.77. The molecule has 118 valence electrons. The van der Waals surface area contributed by atoms with E-state index in [0.717, 1.165) is 0 Å². The summed E-state index contributed by atoms with van der Waals surface area (Å²) in [7, 11) is 0. The Morgan fingerprint density at radius 1 is 1.04 bits per heavy atom. The summed E-state index contributed by atoms with van der Waals surface area (Å²) in [5.41, 5.74) is 0.487. The maximum atomic E-state index is 10.5. The number of rotatable bonds is 6. The predicted octanol–water partition coefficient (Wildman–Crippen LogP) is 3.20. The first-order valence-electron chi connectivity index (χ1n) is 6.20. The average molecular weight is 318 g/mol. The van der Waals surface area contributed by atoms with Gasteiger partial charge in [0.1, 0.15) is 15.6 Å². The molecule has 10 heteroatoms. The monoisotopic (exact) mass is 318 g/mol. The van der Waals surface area contributed by atoms with Crippen LogP contribution < -0.4 is 0 Å². The van der Waals surface area contributed by atoms with Gasteiger partial charge in [-0.25, -0.2) is 0 Å². The standard InChI is InChI=1S/C13H10N4O6/c1-9(2-3-10-4-6-12(22-10)16(18)19)15-14-8-11-5-7-13(23-11)17(20)21/h2-8H,1H3/b3-2+,14-8+,15-9+. The van der Waals surface area contributed by atoms with Gasteiger partial charge in [0.05, 0.1) is 24.1 Å². The van der Waals surface area contributed by atoms with E-state index in [-0.39, 0.29) is 17.5 Å². The number of hydrogen-bond donors (Lipinski definition) is 0. The molecule has 0 aliphatic heterocycles. The Hall–Kier alpha value is -3.56. The fourth-order valence-corrected chi connectivity index (χ4v) is 1.45. The van der Waals surface area contributed by atoms with E-state index < -0.39 is 9.85 Å². The molecule has 2 aromatic heterocycles. The molecule has 0 aliphatic carbocycles. The van der Waals surface area contributed by atoms with Crippen LogP contribution in [0.4, 0.5) is 11.8 Å². The van der Waals surface area contributed by atoms with Gasteiger partial charge >= 0.3 is 11.8 Å². The van der Waals surface area contributed by atoms with E-state index in [9.17, 15) is 20.2 Å². The van der Waals surface area contributed by atoms with Crippen LogP contribution >= 0.6 is 0 Å². The minimum Gasteiger partial charge on any atom is -0.401 e. The number of furan rings is 2. The van der Waals surface area contributed by atoms with Crippen molar-refractivity contribution in [3.05, 3.63) is 62.1 Å². The molecule has 2 rings (SSSR count). The molecule has 2 aromatic rings. The van der Waals surface area contributed by atoms with Gasteiger partial charge in [-0.1, -0.05) is 0 Å². The van der Waals surface area contributed by atoms with Crippen LogP contribution in [0.25, 0.3) is 6.08 Å². The smallest absolute Gasteiger partial charge is 0.401 e. The molecule has 0 saturated carbocycles. The van der Waals surface area contributed by atoms with Crippen LogP contribution in [-0.4, -0.2) is 21.8 Å². The van der Waals surface area contributed by atoms with Crippen molar-refractivity contribution in [2.24, 2.45) is 10.2 Å². The van der Waals surface area contributed by atoms with Gasteiger partial charge in [-0.15, -0.1) is 0 Å². The van der Waals surface area contributed by atoms with Crippen LogP contribution in [0.5, 0.6) is 0 Å². The number of allylic oxidation sites excluding steroid dienone is 1. The van der Waals surface area contributed by atoms with Crippen molar-refractivity contribution in [2.45, 2.75) is 6.92 Å². The lowest BCUT2D eigenvalue weighted by atomic mass is 10.3. The molecule has 0 radical (unpaired) electrons. The Morgan fingerprint density at radius 3 is 2.17 bits per heavy atom. The highest BCUT2D eigenvalue weighted by Crippen LogP contribution is 2.16. The second-order valence-electron chi connectivity index (χ2n) is 4.19. The van der Waals surface area contributed by atoms with Crippen molar-refractivity contribution >= 4 is 29.8 Å². The van der Waals surface area contributed by atoms with E-state index in [1.54, 1.807) is 13.0 Å². The molecular formula is C13H10N4O6. The summed E-state index contributed by atoms with van der Waals surface area (Å²) in [5, 5.41) is 28.4. The van der Waals surface area contributed by atoms with Crippen LogP contribution in [0.3, 0.4) is 0 Å². The zero-order chi connectivity index (χ0) is 16.8. The minimum atomic E-state index is -0.656. The van der Waals surface area contributed by atoms with Gasteiger partial charge < -0.3 is 8.83 Å². The van der Waals surface area contributed by atoms with Crippen LogP contribution in [0.2, 0.25) is 0 Å². The molecule has 0 spiro atoms. The van der Waals surface area contributed by atoms with E-state index in [1.165, 1.54) is 36.6 Å². The van der Waals surface area contributed by atoms with Gasteiger partial charge in [-0.3, -0.25) is 20.2 Å². The van der Waals surface area contributed by atoms with Crippen LogP contribution in [0.15, 0.2) is 49.4 Å². The third kappa shape index (κ3) is 4.46. The summed E-state index contributed by atoms with van der Waals surface area (Å²) in [6.45, 7) is 1.65. The molecule has 0 aromatic carbocycles. The van der Waals surface area contributed by atoms with Crippen molar-refractivity contribution in [1.82, 2.24) is 0 Å². The summed E-state index contributed by atoms with van der Waals surface area (Å²) >= 11 is 0. The first-order chi connectivity index (χ1) is 11.0. The third-order valence-corrected chi connectivity index (χ3v) is 2.47. The molecule has 0 aliphatic rings. The molecule has 23 heavy (non-hydrogen) atoms. The Morgan fingerprint density at radius 2 is 1.61 bits per heavy atom. The molecule has 0 amide bonds. The fourth-order valence-electron chi connectivity index (χ4n) is 1.45. The van der Waals surface area contributed by atoms with Gasteiger partial charge in [0, 0.05) is 0 Å². The van der Waals surface area contributed by atoms with Crippen molar-refractivity contribution in [3.63, 3.8) is 0 Å². The minimum absolute atomic E-state index is 0.193. The molecule has 0 fully saturated rings. The molecule has 0 N–H and O–H groups in total. The second-order valence-corrected chi connectivity index (χ2v) is 4.19. The average Bonchev–Trinajstić information content (AvgIpc) is 3.14. The van der Waals surface area contributed by atoms with Crippen molar-refractivity contribution in [2.75, 3.05) is 0 Å². The fraction of sp³-hybridized carbons (Fsp3) is 0.0769. The molecule has 0 bridgehead atoms. The lowest BCUT2D eigenvalue weighted by Gasteiger charge is -1.87. The lowest BCUT2D eigenvalue weighted by molar-refractivity contribution is -0.402. The van der Waals surface area contributed by atoms with Crippen LogP contribution in [0.1, 0.15) is 18.4 Å². The molecule has 0 atom stereocenters. The molecule has 10 nitrogen and oxygen atoms in total. The summed E-state index contributed by atoms with van der Waals surface area (Å²) in [6.07, 6.45) is 4.27. The van der Waals surface area contributed by atoms with E-state index >= 15 is 0 Å². The number of nitro groups is 2. The molecule has 0 saturated heterocycles. The van der Waals surface area contributed by atoms with Gasteiger partial charge in [-0.05, 0) is 31.2 Å². The quantitative estimate of drug-likeness (QED) is 0.455. The maximum Gasteiger partial charge on any atom is 0.433 e. The van der Waals surface area contributed by atoms with Crippen molar-refractivity contribution in [1.29, 1.82) is 0 Å². The highest BCUT2D eigenvalue weighted by molar-refractivity contribution is 5.96. The summed E-state index contributed by atoms with van der Waals surface area (Å²) in [6, 6.07) is 5.30. The maximum absolute atomic E-state index is 10.5. The molecular weight excluding hydrogens is 308 g/mol.